The molecule has 30 heavy (non-hydrogen) atoms. The number of aliphatic hydroxyl groups excluding tert-OH is 1. The zero-order valence-electron chi connectivity index (χ0n) is 17.1. The molecule has 0 spiro atoms. The zero-order valence-corrected chi connectivity index (χ0v) is 17.1. The van der Waals surface area contributed by atoms with Gasteiger partial charge in [0.2, 0.25) is 0 Å². The summed E-state index contributed by atoms with van der Waals surface area (Å²) >= 11 is 0. The quantitative estimate of drug-likeness (QED) is 0.380. The first-order valence-electron chi connectivity index (χ1n) is 9.68. The van der Waals surface area contributed by atoms with Crippen LogP contribution >= 0.6 is 0 Å². The monoisotopic (exact) mass is 409 g/mol. The molecule has 0 aromatic carbocycles. The number of amides is 1. The van der Waals surface area contributed by atoms with Crippen LogP contribution in [0.15, 0.2) is 47.1 Å². The van der Waals surface area contributed by atoms with E-state index in [0.29, 0.717) is 42.2 Å². The third kappa shape index (κ3) is 3.22. The molecule has 3 aromatic heterocycles. The van der Waals surface area contributed by atoms with Crippen LogP contribution in [0.4, 0.5) is 0 Å². The molecule has 1 aliphatic rings. The smallest absolute Gasteiger partial charge is 0.295 e. The van der Waals surface area contributed by atoms with E-state index in [0.717, 1.165) is 0 Å². The summed E-state index contributed by atoms with van der Waals surface area (Å²) in [7, 11) is 1.76. The maximum Gasteiger partial charge on any atom is 0.295 e. The number of furan rings is 1. The molecule has 9 nitrogen and oxygen atoms in total. The number of aromatic nitrogens is 4. The van der Waals surface area contributed by atoms with Crippen molar-refractivity contribution >= 4 is 17.4 Å². The second kappa shape index (κ2) is 7.66. The number of hydrogen-bond acceptors (Lipinski definition) is 6. The molecular formula is C21H23N5O4. The van der Waals surface area contributed by atoms with E-state index in [1.165, 1.54) is 11.2 Å². The average molecular weight is 409 g/mol. The lowest BCUT2D eigenvalue weighted by molar-refractivity contribution is -0.140. The Kier molecular flexibility index (Phi) is 5.03. The summed E-state index contributed by atoms with van der Waals surface area (Å²) in [6.07, 6.45) is 7.33. The van der Waals surface area contributed by atoms with Gasteiger partial charge in [-0.05, 0) is 32.4 Å². The maximum absolute atomic E-state index is 13.0. The Morgan fingerprint density at radius 1 is 1.27 bits per heavy atom. The molecule has 156 valence electrons. The van der Waals surface area contributed by atoms with Crippen LogP contribution in [-0.4, -0.2) is 47.6 Å². The number of carbonyl (C=O) groups is 2. The third-order valence-electron chi connectivity index (χ3n) is 5.47. The molecule has 0 radical (unpaired) electrons. The minimum absolute atomic E-state index is 0.0248. The summed E-state index contributed by atoms with van der Waals surface area (Å²) in [6, 6.07) is 2.61. The van der Waals surface area contributed by atoms with Crippen LogP contribution < -0.4 is 0 Å². The Hall–Kier alpha value is -3.62. The van der Waals surface area contributed by atoms with Crippen LogP contribution in [0.25, 0.3) is 5.76 Å². The number of Topliss-reactive ketones (excluding diaryl/α,β-unsaturated/α-hetero) is 1. The Balaban J connectivity index is 1.74. The summed E-state index contributed by atoms with van der Waals surface area (Å²) < 4.78 is 9.09. The van der Waals surface area contributed by atoms with E-state index < -0.39 is 17.7 Å². The van der Waals surface area contributed by atoms with Crippen molar-refractivity contribution in [2.75, 3.05) is 6.54 Å². The van der Waals surface area contributed by atoms with Gasteiger partial charge in [-0.15, -0.1) is 0 Å². The van der Waals surface area contributed by atoms with Crippen molar-refractivity contribution in [3.8, 4) is 0 Å². The predicted molar refractivity (Wildman–Crippen MR) is 107 cm³/mol. The molecule has 0 aliphatic carbocycles. The van der Waals surface area contributed by atoms with Crippen molar-refractivity contribution in [2.24, 2.45) is 7.05 Å². The Morgan fingerprint density at radius 3 is 2.67 bits per heavy atom. The first-order valence-corrected chi connectivity index (χ1v) is 9.68. The van der Waals surface area contributed by atoms with Gasteiger partial charge in [-0.2, -0.15) is 5.10 Å². The number of carbonyl (C=O) groups excluding carboxylic acids is 2. The molecule has 1 aliphatic heterocycles. The number of aryl methyl sites for hydroxylation is 3. The van der Waals surface area contributed by atoms with Gasteiger partial charge in [0.1, 0.15) is 17.6 Å². The second-order valence-electron chi connectivity index (χ2n) is 7.33. The van der Waals surface area contributed by atoms with Crippen molar-refractivity contribution in [1.82, 2.24) is 24.2 Å². The number of ketones is 1. The number of imidazole rings is 1. The van der Waals surface area contributed by atoms with Gasteiger partial charge in [-0.1, -0.05) is 0 Å². The predicted octanol–water partition coefficient (Wildman–Crippen LogP) is 2.34. The van der Waals surface area contributed by atoms with Crippen molar-refractivity contribution < 1.29 is 19.1 Å². The molecule has 0 saturated carbocycles. The fraction of sp³-hybridized carbons (Fsp3) is 0.333. The maximum atomic E-state index is 13.0. The van der Waals surface area contributed by atoms with Crippen molar-refractivity contribution in [3.05, 3.63) is 65.4 Å². The highest BCUT2D eigenvalue weighted by Gasteiger charge is 2.47. The summed E-state index contributed by atoms with van der Waals surface area (Å²) in [5.74, 6) is -1.17. The van der Waals surface area contributed by atoms with Crippen molar-refractivity contribution in [3.63, 3.8) is 0 Å². The third-order valence-corrected chi connectivity index (χ3v) is 5.47. The zero-order chi connectivity index (χ0) is 21.4. The second-order valence-corrected chi connectivity index (χ2v) is 7.33. The number of likely N-dealkylation sites (tertiary alicyclic amines) is 1. The van der Waals surface area contributed by atoms with E-state index in [4.69, 9.17) is 4.42 Å². The average Bonchev–Trinajstić information content (AvgIpc) is 3.48. The fourth-order valence-corrected chi connectivity index (χ4v) is 3.95. The number of aliphatic hydroxyl groups is 1. The molecule has 9 heteroatoms. The first kappa shape index (κ1) is 19.7. The van der Waals surface area contributed by atoms with Gasteiger partial charge < -0.3 is 19.0 Å². The number of hydrogen-bond donors (Lipinski definition) is 1. The van der Waals surface area contributed by atoms with E-state index in [-0.39, 0.29) is 11.3 Å². The molecule has 3 aromatic rings. The van der Waals surface area contributed by atoms with Crippen LogP contribution in [0.3, 0.4) is 0 Å². The van der Waals surface area contributed by atoms with E-state index in [1.807, 2.05) is 10.8 Å². The van der Waals surface area contributed by atoms with Gasteiger partial charge in [-0.3, -0.25) is 14.3 Å². The van der Waals surface area contributed by atoms with Gasteiger partial charge in [0.05, 0.1) is 29.4 Å². The lowest BCUT2D eigenvalue weighted by atomic mass is 9.98. The van der Waals surface area contributed by atoms with E-state index in [9.17, 15) is 14.7 Å². The Morgan fingerprint density at radius 2 is 2.07 bits per heavy atom. The highest BCUT2D eigenvalue weighted by atomic mass is 16.3. The topological polar surface area (TPSA) is 106 Å². The Labute approximate surface area is 173 Å². The van der Waals surface area contributed by atoms with Crippen molar-refractivity contribution in [2.45, 2.75) is 32.9 Å². The minimum atomic E-state index is -0.790. The van der Waals surface area contributed by atoms with Crippen LogP contribution in [0.2, 0.25) is 0 Å². The highest BCUT2D eigenvalue weighted by Crippen LogP contribution is 2.40. The van der Waals surface area contributed by atoms with Gasteiger partial charge >= 0.3 is 0 Å². The van der Waals surface area contributed by atoms with E-state index in [2.05, 4.69) is 10.1 Å². The minimum Gasteiger partial charge on any atom is -0.507 e. The van der Waals surface area contributed by atoms with Crippen LogP contribution in [-0.2, 0) is 23.2 Å². The van der Waals surface area contributed by atoms with Crippen LogP contribution in [0.1, 0.15) is 35.2 Å². The molecule has 1 amide bonds. The van der Waals surface area contributed by atoms with E-state index >= 15 is 0 Å². The van der Waals surface area contributed by atoms with Gasteiger partial charge in [0, 0.05) is 38.2 Å². The normalized spacial score (nSPS) is 18.5. The summed E-state index contributed by atoms with van der Waals surface area (Å²) in [6.45, 7) is 4.54. The number of rotatable bonds is 6. The van der Waals surface area contributed by atoms with Crippen LogP contribution in [0.5, 0.6) is 0 Å². The Bertz CT molecular complexity index is 1110. The molecule has 4 rings (SSSR count). The molecule has 1 saturated heterocycles. The van der Waals surface area contributed by atoms with E-state index in [1.54, 1.807) is 50.2 Å². The van der Waals surface area contributed by atoms with Gasteiger partial charge in [0.15, 0.2) is 0 Å². The van der Waals surface area contributed by atoms with Crippen LogP contribution in [0, 0.1) is 13.8 Å². The standard InChI is InChI=1S/C21H23N5O4/c1-13-16(14(2)24(3)23-13)19(27)17-18(15-6-4-11-30-15)26(21(29)20(17)28)9-5-8-25-10-7-22-12-25/h4,6-7,10-12,18,27H,5,8-9H2,1-3H3/b19-17+/t18-/m0/s1. The summed E-state index contributed by atoms with van der Waals surface area (Å²) in [4.78, 5) is 31.3. The largest absolute Gasteiger partial charge is 0.507 e. The lowest BCUT2D eigenvalue weighted by Gasteiger charge is -2.23. The molecule has 1 N–H and O–H groups in total. The molecule has 4 heterocycles. The molecule has 0 bridgehead atoms. The molecule has 1 atom stereocenters. The molecular weight excluding hydrogens is 386 g/mol. The lowest BCUT2D eigenvalue weighted by Crippen LogP contribution is -2.31. The summed E-state index contributed by atoms with van der Waals surface area (Å²) in [5, 5.41) is 15.4. The molecule has 1 fully saturated rings. The van der Waals surface area contributed by atoms with Crippen molar-refractivity contribution in [1.29, 1.82) is 0 Å². The van der Waals surface area contributed by atoms with Gasteiger partial charge in [-0.25, -0.2) is 4.98 Å². The molecule has 0 unspecified atom stereocenters. The SMILES string of the molecule is Cc1nn(C)c(C)c1/C(O)=C1\C(=O)C(=O)N(CCCn2ccnc2)[C@H]1c1ccco1. The fourth-order valence-electron chi connectivity index (χ4n) is 3.95. The highest BCUT2D eigenvalue weighted by molar-refractivity contribution is 6.46. The first-order chi connectivity index (χ1) is 14.4. The number of nitrogens with zero attached hydrogens (tertiary/aromatic N) is 5. The summed E-state index contributed by atoms with van der Waals surface area (Å²) in [5.41, 5.74) is 1.77. The van der Waals surface area contributed by atoms with Gasteiger partial charge in [0.25, 0.3) is 11.7 Å².